The van der Waals surface area contributed by atoms with Crippen LogP contribution in [-0.4, -0.2) is 86.2 Å². The molecule has 0 radical (unpaired) electrons. The molecule has 1 aliphatic rings. The summed E-state index contributed by atoms with van der Waals surface area (Å²) in [5, 5.41) is 38.3. The van der Waals surface area contributed by atoms with Gasteiger partial charge >= 0.3 is 29.7 Å². The van der Waals surface area contributed by atoms with Gasteiger partial charge in [-0.25, -0.2) is 14.4 Å². The summed E-state index contributed by atoms with van der Waals surface area (Å²) in [5.41, 5.74) is 1.68. The molecule has 4 atom stereocenters. The van der Waals surface area contributed by atoms with Crippen molar-refractivity contribution in [1.29, 1.82) is 0 Å². The second-order valence-corrected chi connectivity index (χ2v) is 10.5. The van der Waals surface area contributed by atoms with Crippen molar-refractivity contribution in [1.82, 2.24) is 4.90 Å². The number of hydrogen-bond donors (Lipinski definition) is 4. The van der Waals surface area contributed by atoms with Crippen molar-refractivity contribution in [3.05, 3.63) is 96.1 Å². The number of aliphatic carboxylic acids is 4. The minimum Gasteiger partial charge on any atom is -0.480 e. The zero-order valence-electron chi connectivity index (χ0n) is 24.0. The second kappa shape index (κ2) is 14.0. The van der Waals surface area contributed by atoms with Gasteiger partial charge in [-0.05, 0) is 47.7 Å². The molecule has 0 aliphatic carbocycles. The number of carboxylic acids is 4. The Hall–Kier alpha value is -5.27. The van der Waals surface area contributed by atoms with E-state index in [4.69, 9.17) is 14.2 Å². The monoisotopic (exact) mass is 621 g/mol. The van der Waals surface area contributed by atoms with Crippen LogP contribution in [0.2, 0.25) is 0 Å². The maximum atomic E-state index is 13.7. The molecule has 4 rings (SSSR count). The summed E-state index contributed by atoms with van der Waals surface area (Å²) in [4.78, 5) is 61.8. The van der Waals surface area contributed by atoms with Crippen molar-refractivity contribution < 1.29 is 58.6 Å². The zero-order chi connectivity index (χ0) is 32.7. The fourth-order valence-electron chi connectivity index (χ4n) is 5.10. The van der Waals surface area contributed by atoms with Crippen molar-refractivity contribution in [3.63, 3.8) is 0 Å². The average Bonchev–Trinajstić information content (AvgIpc) is 3.44. The molecular weight excluding hydrogens is 590 g/mol. The first kappa shape index (κ1) is 32.6. The first-order valence-corrected chi connectivity index (χ1v) is 13.8. The lowest BCUT2D eigenvalue weighted by Crippen LogP contribution is -2.50. The minimum atomic E-state index is -3.48. The number of carbonyl (C=O) groups excluding carboxylic acids is 1. The van der Waals surface area contributed by atoms with Crippen LogP contribution >= 0.6 is 0 Å². The first-order chi connectivity index (χ1) is 21.4. The number of amides is 1. The summed E-state index contributed by atoms with van der Waals surface area (Å²) in [5.74, 6) is -11.9. The summed E-state index contributed by atoms with van der Waals surface area (Å²) < 4.78 is 15.6. The molecule has 13 nitrogen and oxygen atoms in total. The molecule has 3 aromatic rings. The Morgan fingerprint density at radius 2 is 1.29 bits per heavy atom. The highest BCUT2D eigenvalue weighted by Gasteiger charge is 2.64. The molecule has 13 heteroatoms. The summed E-state index contributed by atoms with van der Waals surface area (Å²) in [6, 6.07) is 25.5. The number of para-hydroxylation sites is 1. The van der Waals surface area contributed by atoms with Crippen LogP contribution in [-0.2, 0) is 33.4 Å². The molecule has 1 unspecified atom stereocenters. The Morgan fingerprint density at radius 1 is 0.756 bits per heavy atom. The Kier molecular flexibility index (Phi) is 10.2. The molecule has 1 amide bonds. The van der Waals surface area contributed by atoms with Gasteiger partial charge in [-0.15, -0.1) is 0 Å². The van der Waals surface area contributed by atoms with Gasteiger partial charge in [-0.2, -0.15) is 0 Å². The average molecular weight is 622 g/mol. The Labute approximate surface area is 257 Å². The molecule has 0 aromatic heterocycles. The van der Waals surface area contributed by atoms with Gasteiger partial charge in [0, 0.05) is 12.5 Å². The molecule has 45 heavy (non-hydrogen) atoms. The molecule has 1 saturated heterocycles. The van der Waals surface area contributed by atoms with E-state index in [2.05, 4.69) is 0 Å². The molecule has 0 bridgehead atoms. The van der Waals surface area contributed by atoms with Crippen LogP contribution in [0.5, 0.6) is 11.5 Å². The maximum Gasteiger partial charge on any atom is 0.377 e. The predicted molar refractivity (Wildman–Crippen MR) is 155 cm³/mol. The smallest absolute Gasteiger partial charge is 0.377 e. The predicted octanol–water partition coefficient (Wildman–Crippen LogP) is 3.40. The van der Waals surface area contributed by atoms with Crippen molar-refractivity contribution in [2.45, 2.75) is 43.2 Å². The van der Waals surface area contributed by atoms with Gasteiger partial charge in [-0.3, -0.25) is 9.59 Å². The standard InChI is InChI=1S/C32H31NO12/c1-19(20-8-4-2-5-9-20)16-22(21-12-14-24(15-13-21)43-23-10-6-3-7-11-23)17-33(18-25(34)35)28(36)26-27(29(37)38)45-32(44-26,30(39)40)31(41)42/h2-15,19,22,26-27H,16-18H2,1H3,(H,34,35)(H,37,38)(H,39,40)(H,41,42)/t19?,22-,26+,27+/m0/s1. The van der Waals surface area contributed by atoms with E-state index >= 15 is 0 Å². The van der Waals surface area contributed by atoms with Gasteiger partial charge in [0.1, 0.15) is 18.0 Å². The lowest BCUT2D eigenvalue weighted by molar-refractivity contribution is -0.220. The summed E-state index contributed by atoms with van der Waals surface area (Å²) in [6.07, 6.45) is -4.19. The lowest BCUT2D eigenvalue weighted by atomic mass is 9.85. The fraction of sp³-hybridized carbons (Fsp3) is 0.281. The third-order valence-corrected chi connectivity index (χ3v) is 7.33. The molecule has 4 N–H and O–H groups in total. The van der Waals surface area contributed by atoms with Crippen LogP contribution in [0.3, 0.4) is 0 Å². The molecule has 0 spiro atoms. The van der Waals surface area contributed by atoms with Gasteiger partial charge in [-0.1, -0.05) is 67.6 Å². The van der Waals surface area contributed by atoms with Crippen LogP contribution in [0.4, 0.5) is 0 Å². The molecule has 1 fully saturated rings. The molecule has 1 heterocycles. The minimum absolute atomic E-state index is 0.0808. The van der Waals surface area contributed by atoms with Gasteiger partial charge < -0.3 is 39.5 Å². The summed E-state index contributed by atoms with van der Waals surface area (Å²) >= 11 is 0. The Balaban J connectivity index is 1.66. The van der Waals surface area contributed by atoms with E-state index < -0.39 is 60.2 Å². The highest BCUT2D eigenvalue weighted by Crippen LogP contribution is 2.35. The third-order valence-electron chi connectivity index (χ3n) is 7.33. The number of carboxylic acid groups (broad SMARTS) is 4. The van der Waals surface area contributed by atoms with Crippen molar-refractivity contribution in [3.8, 4) is 11.5 Å². The number of nitrogens with zero attached hydrogens (tertiary/aromatic N) is 1. The fourth-order valence-corrected chi connectivity index (χ4v) is 5.10. The zero-order valence-corrected chi connectivity index (χ0v) is 24.0. The van der Waals surface area contributed by atoms with E-state index in [0.29, 0.717) is 23.5 Å². The van der Waals surface area contributed by atoms with Gasteiger partial charge in [0.2, 0.25) is 0 Å². The van der Waals surface area contributed by atoms with Crippen molar-refractivity contribution in [2.75, 3.05) is 13.1 Å². The summed E-state index contributed by atoms with van der Waals surface area (Å²) in [6.45, 7) is 0.783. The topological polar surface area (TPSA) is 197 Å². The van der Waals surface area contributed by atoms with E-state index in [9.17, 15) is 44.4 Å². The third kappa shape index (κ3) is 7.63. The molecule has 1 aliphatic heterocycles. The number of carbonyl (C=O) groups is 5. The molecule has 0 saturated carbocycles. The summed E-state index contributed by atoms with van der Waals surface area (Å²) in [7, 11) is 0. The first-order valence-electron chi connectivity index (χ1n) is 13.8. The molecular formula is C32H31NO12. The van der Waals surface area contributed by atoms with Gasteiger partial charge in [0.15, 0.2) is 12.2 Å². The normalized spacial score (nSPS) is 18.3. The quantitative estimate of drug-likeness (QED) is 0.192. The second-order valence-electron chi connectivity index (χ2n) is 10.5. The van der Waals surface area contributed by atoms with E-state index in [1.807, 2.05) is 55.5 Å². The van der Waals surface area contributed by atoms with E-state index in [1.54, 1.807) is 36.4 Å². The van der Waals surface area contributed by atoms with E-state index in [1.165, 1.54) is 0 Å². The number of ether oxygens (including phenoxy) is 3. The van der Waals surface area contributed by atoms with E-state index in [-0.39, 0.29) is 12.5 Å². The van der Waals surface area contributed by atoms with E-state index in [0.717, 1.165) is 10.5 Å². The highest BCUT2D eigenvalue weighted by atomic mass is 16.8. The number of hydrogen-bond acceptors (Lipinski definition) is 8. The van der Waals surface area contributed by atoms with Gasteiger partial charge in [0.05, 0.1) is 0 Å². The largest absolute Gasteiger partial charge is 0.480 e. The molecule has 3 aromatic carbocycles. The SMILES string of the molecule is CC(C[C@@H](CN(CC(=O)O)C(=O)[C@@H]1OC(C(=O)O)(C(=O)O)O[C@H]1C(=O)O)c1ccc(Oc2ccccc2)cc1)c1ccccc1. The Bertz CT molecular complexity index is 1510. The van der Waals surface area contributed by atoms with Crippen LogP contribution in [0.1, 0.15) is 36.3 Å². The van der Waals surface area contributed by atoms with Crippen LogP contribution in [0.25, 0.3) is 0 Å². The lowest BCUT2D eigenvalue weighted by Gasteiger charge is -2.30. The van der Waals surface area contributed by atoms with Crippen LogP contribution in [0.15, 0.2) is 84.9 Å². The van der Waals surface area contributed by atoms with Crippen LogP contribution in [0, 0.1) is 0 Å². The van der Waals surface area contributed by atoms with Crippen molar-refractivity contribution in [2.24, 2.45) is 0 Å². The highest BCUT2D eigenvalue weighted by molar-refractivity contribution is 6.02. The Morgan fingerprint density at radius 3 is 1.82 bits per heavy atom. The van der Waals surface area contributed by atoms with Crippen molar-refractivity contribution >= 4 is 29.8 Å². The van der Waals surface area contributed by atoms with Crippen LogP contribution < -0.4 is 4.74 Å². The molecule has 236 valence electrons. The number of rotatable bonds is 14. The number of benzene rings is 3. The maximum absolute atomic E-state index is 13.7. The van der Waals surface area contributed by atoms with Gasteiger partial charge in [0.25, 0.3) is 5.91 Å².